The van der Waals surface area contributed by atoms with Gasteiger partial charge in [0, 0.05) is 16.7 Å². The molecular weight excluding hydrogens is 607 g/mol. The van der Waals surface area contributed by atoms with Crippen molar-refractivity contribution in [2.24, 2.45) is 0 Å². The molecule has 234 valence electrons. The molecule has 0 unspecified atom stereocenters. The van der Waals surface area contributed by atoms with Gasteiger partial charge in [-0.2, -0.15) is 0 Å². The fourth-order valence-corrected chi connectivity index (χ4v) is 6.58. The highest BCUT2D eigenvalue weighted by Gasteiger charge is 2.14. The van der Waals surface area contributed by atoms with E-state index in [4.69, 9.17) is 15.0 Å². The molecule has 3 heteroatoms. The smallest absolute Gasteiger partial charge is 0.164 e. The second-order valence-electron chi connectivity index (χ2n) is 12.5. The molecule has 0 saturated carbocycles. The zero-order valence-corrected chi connectivity index (χ0v) is 27.2. The van der Waals surface area contributed by atoms with Crippen LogP contribution in [-0.4, -0.2) is 15.0 Å². The van der Waals surface area contributed by atoms with Crippen LogP contribution in [0.5, 0.6) is 0 Å². The van der Waals surface area contributed by atoms with Crippen molar-refractivity contribution < 1.29 is 0 Å². The molecule has 9 rings (SSSR count). The van der Waals surface area contributed by atoms with Crippen LogP contribution in [0, 0.1) is 0 Å². The standard InChI is InChI=1S/C47H31N3/c1-3-9-32(10-4-1)34-15-17-35(18-16-34)36-19-24-39(25-20-36)46-48-45(38-12-5-2-6-13-38)49-47(50-46)43-28-23-37-22-27-42(30-44(37)31-43)41-26-21-33-11-7-8-14-40(33)29-41/h1-31H. The monoisotopic (exact) mass is 637 g/mol. The first-order valence-corrected chi connectivity index (χ1v) is 16.8. The maximum Gasteiger partial charge on any atom is 0.164 e. The average Bonchev–Trinajstić information content (AvgIpc) is 3.21. The van der Waals surface area contributed by atoms with Gasteiger partial charge in [-0.3, -0.25) is 0 Å². The van der Waals surface area contributed by atoms with E-state index in [9.17, 15) is 0 Å². The minimum Gasteiger partial charge on any atom is -0.208 e. The Morgan fingerprint density at radius 1 is 0.200 bits per heavy atom. The average molecular weight is 638 g/mol. The molecule has 1 aromatic heterocycles. The van der Waals surface area contributed by atoms with Gasteiger partial charge in [0.15, 0.2) is 17.5 Å². The third-order valence-corrected chi connectivity index (χ3v) is 9.32. The summed E-state index contributed by atoms with van der Waals surface area (Å²) in [7, 11) is 0. The Morgan fingerprint density at radius 3 is 1.08 bits per heavy atom. The van der Waals surface area contributed by atoms with Gasteiger partial charge < -0.3 is 0 Å². The van der Waals surface area contributed by atoms with Crippen LogP contribution in [0.1, 0.15) is 0 Å². The van der Waals surface area contributed by atoms with Crippen molar-refractivity contribution in [1.29, 1.82) is 0 Å². The highest BCUT2D eigenvalue weighted by molar-refractivity contribution is 5.93. The molecule has 0 N–H and O–H groups in total. The van der Waals surface area contributed by atoms with Crippen LogP contribution >= 0.6 is 0 Å². The molecule has 0 bridgehead atoms. The molecule has 0 radical (unpaired) electrons. The first kappa shape index (κ1) is 29.4. The molecule has 50 heavy (non-hydrogen) atoms. The summed E-state index contributed by atoms with van der Waals surface area (Å²) in [6, 6.07) is 66.0. The van der Waals surface area contributed by atoms with Gasteiger partial charge in [-0.15, -0.1) is 0 Å². The summed E-state index contributed by atoms with van der Waals surface area (Å²) in [5.41, 5.74) is 9.93. The largest absolute Gasteiger partial charge is 0.208 e. The normalized spacial score (nSPS) is 11.2. The van der Waals surface area contributed by atoms with Crippen LogP contribution in [0.15, 0.2) is 188 Å². The van der Waals surface area contributed by atoms with Crippen LogP contribution in [0.2, 0.25) is 0 Å². The maximum atomic E-state index is 5.05. The van der Waals surface area contributed by atoms with Gasteiger partial charge in [0.05, 0.1) is 0 Å². The molecule has 0 spiro atoms. The quantitative estimate of drug-likeness (QED) is 0.182. The minimum absolute atomic E-state index is 0.643. The van der Waals surface area contributed by atoms with Gasteiger partial charge in [-0.05, 0) is 73.1 Å². The predicted octanol–water partition coefficient (Wildman–Crippen LogP) is 12.2. The molecule has 0 aliphatic carbocycles. The van der Waals surface area contributed by atoms with E-state index in [0.717, 1.165) is 33.2 Å². The molecule has 0 aliphatic heterocycles. The second-order valence-corrected chi connectivity index (χ2v) is 12.5. The molecule has 3 nitrogen and oxygen atoms in total. The summed E-state index contributed by atoms with van der Waals surface area (Å²) in [5, 5.41) is 4.78. The summed E-state index contributed by atoms with van der Waals surface area (Å²) in [4.78, 5) is 15.0. The Labute approximate surface area is 291 Å². The maximum absolute atomic E-state index is 5.05. The molecule has 0 atom stereocenters. The van der Waals surface area contributed by atoms with Crippen molar-refractivity contribution in [3.63, 3.8) is 0 Å². The van der Waals surface area contributed by atoms with Gasteiger partial charge in [-0.1, -0.05) is 170 Å². The number of aromatic nitrogens is 3. The van der Waals surface area contributed by atoms with Crippen molar-refractivity contribution >= 4 is 21.5 Å². The summed E-state index contributed by atoms with van der Waals surface area (Å²) < 4.78 is 0. The van der Waals surface area contributed by atoms with Gasteiger partial charge in [-0.25, -0.2) is 15.0 Å². The summed E-state index contributed by atoms with van der Waals surface area (Å²) in [6.45, 7) is 0. The molecule has 0 saturated heterocycles. The van der Waals surface area contributed by atoms with E-state index in [2.05, 4.69) is 152 Å². The minimum atomic E-state index is 0.643. The van der Waals surface area contributed by atoms with E-state index in [-0.39, 0.29) is 0 Å². The third-order valence-electron chi connectivity index (χ3n) is 9.32. The molecule has 0 fully saturated rings. The molecule has 0 amide bonds. The fraction of sp³-hybridized carbons (Fsp3) is 0. The van der Waals surface area contributed by atoms with Crippen LogP contribution in [-0.2, 0) is 0 Å². The first-order valence-electron chi connectivity index (χ1n) is 16.8. The summed E-state index contributed by atoms with van der Waals surface area (Å²) in [6.07, 6.45) is 0. The number of benzene rings is 8. The van der Waals surface area contributed by atoms with Crippen molar-refractivity contribution in [3.8, 4) is 67.5 Å². The van der Waals surface area contributed by atoms with Crippen LogP contribution in [0.4, 0.5) is 0 Å². The number of fused-ring (bicyclic) bond motifs is 2. The van der Waals surface area contributed by atoms with E-state index < -0.39 is 0 Å². The highest BCUT2D eigenvalue weighted by atomic mass is 15.0. The van der Waals surface area contributed by atoms with Crippen LogP contribution < -0.4 is 0 Å². The topological polar surface area (TPSA) is 38.7 Å². The van der Waals surface area contributed by atoms with Crippen molar-refractivity contribution in [1.82, 2.24) is 15.0 Å². The molecule has 1 heterocycles. The number of hydrogen-bond acceptors (Lipinski definition) is 3. The van der Waals surface area contributed by atoms with Gasteiger partial charge in [0.25, 0.3) is 0 Å². The van der Waals surface area contributed by atoms with Crippen molar-refractivity contribution in [2.45, 2.75) is 0 Å². The lowest BCUT2D eigenvalue weighted by atomic mass is 9.98. The second kappa shape index (κ2) is 12.7. The van der Waals surface area contributed by atoms with Crippen LogP contribution in [0.25, 0.3) is 89.1 Å². The number of nitrogens with zero attached hydrogens (tertiary/aromatic N) is 3. The van der Waals surface area contributed by atoms with E-state index in [1.807, 2.05) is 36.4 Å². The van der Waals surface area contributed by atoms with E-state index in [1.165, 1.54) is 38.4 Å². The van der Waals surface area contributed by atoms with Gasteiger partial charge in [0.1, 0.15) is 0 Å². The van der Waals surface area contributed by atoms with Crippen molar-refractivity contribution in [2.75, 3.05) is 0 Å². The van der Waals surface area contributed by atoms with E-state index in [0.29, 0.717) is 17.5 Å². The lowest BCUT2D eigenvalue weighted by molar-refractivity contribution is 1.07. The zero-order chi connectivity index (χ0) is 33.3. The van der Waals surface area contributed by atoms with Gasteiger partial charge in [0.2, 0.25) is 0 Å². The number of rotatable bonds is 6. The first-order chi connectivity index (χ1) is 24.7. The molecule has 0 aliphatic rings. The Kier molecular flexibility index (Phi) is 7.49. The summed E-state index contributed by atoms with van der Waals surface area (Å²) in [5.74, 6) is 1.94. The van der Waals surface area contributed by atoms with E-state index >= 15 is 0 Å². The third kappa shape index (κ3) is 5.82. The highest BCUT2D eigenvalue weighted by Crippen LogP contribution is 2.32. The Hall–Kier alpha value is -6.71. The zero-order valence-electron chi connectivity index (χ0n) is 27.2. The van der Waals surface area contributed by atoms with Gasteiger partial charge >= 0.3 is 0 Å². The molecule has 8 aromatic carbocycles. The molecule has 9 aromatic rings. The Morgan fingerprint density at radius 2 is 0.520 bits per heavy atom. The summed E-state index contributed by atoms with van der Waals surface area (Å²) >= 11 is 0. The van der Waals surface area contributed by atoms with Crippen LogP contribution in [0.3, 0.4) is 0 Å². The fourth-order valence-electron chi connectivity index (χ4n) is 6.58. The SMILES string of the molecule is c1ccc(-c2ccc(-c3ccc(-c4nc(-c5ccccc5)nc(-c5ccc6ccc(-c7ccc8ccccc8c7)cc6c5)n4)cc3)cc2)cc1. The molecular formula is C47H31N3. The van der Waals surface area contributed by atoms with E-state index in [1.54, 1.807) is 0 Å². The Bertz CT molecular complexity index is 2610. The lowest BCUT2D eigenvalue weighted by Gasteiger charge is -2.11. The Balaban J connectivity index is 1.08. The number of hydrogen-bond donors (Lipinski definition) is 0. The van der Waals surface area contributed by atoms with Crippen molar-refractivity contribution in [3.05, 3.63) is 188 Å². The predicted molar refractivity (Wildman–Crippen MR) is 207 cm³/mol. The lowest BCUT2D eigenvalue weighted by Crippen LogP contribution is -2.00.